The van der Waals surface area contributed by atoms with Crippen molar-refractivity contribution >= 4 is 30.9 Å². The highest BCUT2D eigenvalue weighted by Crippen LogP contribution is 2.08. The molecule has 0 amide bonds. The normalized spacial score (nSPS) is 15.5. The molecule has 1 aliphatic rings. The molecule has 0 saturated carbocycles. The fourth-order valence-electron chi connectivity index (χ4n) is 1.89. The standard InChI is InChI=1S/C13H18N2.2ClH/c1-2-12-3-5-13(6-4-12)11-15-9-7-14-8-10-15;;/h2-6,14H,1,7-11H2;2*1H. The highest BCUT2D eigenvalue weighted by atomic mass is 35.5. The topological polar surface area (TPSA) is 15.3 Å². The molecule has 1 saturated heterocycles. The van der Waals surface area contributed by atoms with E-state index in [2.05, 4.69) is 41.1 Å². The number of benzene rings is 1. The Bertz CT molecular complexity index is 319. The van der Waals surface area contributed by atoms with Crippen molar-refractivity contribution in [1.29, 1.82) is 0 Å². The van der Waals surface area contributed by atoms with Gasteiger partial charge in [0.1, 0.15) is 0 Å². The molecule has 1 aromatic rings. The number of nitrogens with one attached hydrogen (secondary N) is 1. The quantitative estimate of drug-likeness (QED) is 0.912. The van der Waals surface area contributed by atoms with Crippen LogP contribution in [0.15, 0.2) is 30.8 Å². The largest absolute Gasteiger partial charge is 0.314 e. The average molecular weight is 275 g/mol. The lowest BCUT2D eigenvalue weighted by molar-refractivity contribution is 0.233. The molecule has 0 aromatic heterocycles. The lowest BCUT2D eigenvalue weighted by Crippen LogP contribution is -2.42. The first kappa shape index (κ1) is 16.5. The summed E-state index contributed by atoms with van der Waals surface area (Å²) in [6.45, 7) is 9.37. The fourth-order valence-corrected chi connectivity index (χ4v) is 1.89. The van der Waals surface area contributed by atoms with Crippen molar-refractivity contribution in [1.82, 2.24) is 10.2 Å². The summed E-state index contributed by atoms with van der Waals surface area (Å²) in [6.07, 6.45) is 1.88. The van der Waals surface area contributed by atoms with Crippen LogP contribution in [0, 0.1) is 0 Å². The molecule has 1 aliphatic heterocycles. The zero-order valence-corrected chi connectivity index (χ0v) is 11.5. The Morgan fingerprint density at radius 3 is 2.24 bits per heavy atom. The number of halogens is 2. The highest BCUT2D eigenvalue weighted by Gasteiger charge is 2.09. The molecular weight excluding hydrogens is 255 g/mol. The van der Waals surface area contributed by atoms with Crippen LogP contribution in [0.3, 0.4) is 0 Å². The third kappa shape index (κ3) is 5.09. The summed E-state index contributed by atoms with van der Waals surface area (Å²) in [7, 11) is 0. The van der Waals surface area contributed by atoms with Gasteiger partial charge in [0.2, 0.25) is 0 Å². The van der Waals surface area contributed by atoms with Gasteiger partial charge in [0.15, 0.2) is 0 Å². The summed E-state index contributed by atoms with van der Waals surface area (Å²) in [5.41, 5.74) is 2.58. The highest BCUT2D eigenvalue weighted by molar-refractivity contribution is 5.85. The Balaban J connectivity index is 0.00000128. The van der Waals surface area contributed by atoms with Gasteiger partial charge in [-0.3, -0.25) is 4.90 Å². The SMILES string of the molecule is C=Cc1ccc(CN2CCNCC2)cc1.Cl.Cl. The van der Waals surface area contributed by atoms with Crippen LogP contribution < -0.4 is 5.32 Å². The molecule has 1 N–H and O–H groups in total. The monoisotopic (exact) mass is 274 g/mol. The van der Waals surface area contributed by atoms with Crippen LogP contribution in [-0.2, 0) is 6.54 Å². The van der Waals surface area contributed by atoms with Crippen LogP contribution in [-0.4, -0.2) is 31.1 Å². The molecule has 0 atom stereocenters. The Hall–Kier alpha value is -0.540. The van der Waals surface area contributed by atoms with Gasteiger partial charge in [0.05, 0.1) is 0 Å². The first-order valence-electron chi connectivity index (χ1n) is 5.53. The van der Waals surface area contributed by atoms with E-state index in [0.29, 0.717) is 0 Å². The third-order valence-corrected chi connectivity index (χ3v) is 2.83. The van der Waals surface area contributed by atoms with Crippen molar-refractivity contribution in [2.75, 3.05) is 26.2 Å². The lowest BCUT2D eigenvalue weighted by atomic mass is 10.1. The maximum atomic E-state index is 3.76. The van der Waals surface area contributed by atoms with E-state index in [4.69, 9.17) is 0 Å². The van der Waals surface area contributed by atoms with E-state index in [0.717, 1.165) is 32.7 Å². The molecule has 4 heteroatoms. The molecule has 1 heterocycles. The maximum absolute atomic E-state index is 3.76. The summed E-state index contributed by atoms with van der Waals surface area (Å²) >= 11 is 0. The summed E-state index contributed by atoms with van der Waals surface area (Å²) in [5, 5.41) is 3.36. The minimum Gasteiger partial charge on any atom is -0.314 e. The molecule has 2 nitrogen and oxygen atoms in total. The molecule has 0 unspecified atom stereocenters. The lowest BCUT2D eigenvalue weighted by Gasteiger charge is -2.27. The molecule has 0 spiro atoms. The van der Waals surface area contributed by atoms with Crippen LogP contribution >= 0.6 is 24.8 Å². The van der Waals surface area contributed by atoms with Gasteiger partial charge in [-0.25, -0.2) is 0 Å². The Morgan fingerprint density at radius 2 is 1.71 bits per heavy atom. The fraction of sp³-hybridized carbons (Fsp3) is 0.385. The zero-order chi connectivity index (χ0) is 10.5. The van der Waals surface area contributed by atoms with Crippen molar-refractivity contribution < 1.29 is 0 Å². The van der Waals surface area contributed by atoms with Gasteiger partial charge in [-0.15, -0.1) is 24.8 Å². The number of hydrogen-bond acceptors (Lipinski definition) is 2. The summed E-state index contributed by atoms with van der Waals surface area (Å²) in [6, 6.07) is 8.65. The van der Waals surface area contributed by atoms with Gasteiger partial charge >= 0.3 is 0 Å². The van der Waals surface area contributed by atoms with Gasteiger partial charge in [-0.1, -0.05) is 36.9 Å². The minimum atomic E-state index is 0. The summed E-state index contributed by atoms with van der Waals surface area (Å²) in [5.74, 6) is 0. The first-order chi connectivity index (χ1) is 7.38. The average Bonchev–Trinajstić information content (AvgIpc) is 2.31. The number of piperazine rings is 1. The predicted octanol–water partition coefficient (Wildman–Crippen LogP) is 2.58. The van der Waals surface area contributed by atoms with Gasteiger partial charge in [-0.05, 0) is 11.1 Å². The maximum Gasteiger partial charge on any atom is 0.0234 e. The first-order valence-corrected chi connectivity index (χ1v) is 5.53. The molecule has 17 heavy (non-hydrogen) atoms. The number of rotatable bonds is 3. The molecule has 1 aromatic carbocycles. The van der Waals surface area contributed by atoms with Crippen molar-refractivity contribution in [2.24, 2.45) is 0 Å². The van der Waals surface area contributed by atoms with E-state index < -0.39 is 0 Å². The van der Waals surface area contributed by atoms with Crippen molar-refractivity contribution in [2.45, 2.75) is 6.54 Å². The molecule has 0 aliphatic carbocycles. The summed E-state index contributed by atoms with van der Waals surface area (Å²) < 4.78 is 0. The minimum absolute atomic E-state index is 0. The van der Waals surface area contributed by atoms with Crippen LogP contribution in [0.4, 0.5) is 0 Å². The molecule has 1 fully saturated rings. The number of nitrogens with zero attached hydrogens (tertiary/aromatic N) is 1. The van der Waals surface area contributed by atoms with Gasteiger partial charge < -0.3 is 5.32 Å². The predicted molar refractivity (Wildman–Crippen MR) is 79.2 cm³/mol. The Morgan fingerprint density at radius 1 is 1.12 bits per heavy atom. The second-order valence-electron chi connectivity index (χ2n) is 3.97. The van der Waals surface area contributed by atoms with Gasteiger partial charge in [0, 0.05) is 32.7 Å². The second kappa shape index (κ2) is 8.54. The Kier molecular flexibility index (Phi) is 8.26. The number of hydrogen-bond donors (Lipinski definition) is 1. The van der Waals surface area contributed by atoms with Crippen molar-refractivity contribution in [3.8, 4) is 0 Å². The summed E-state index contributed by atoms with van der Waals surface area (Å²) in [4.78, 5) is 2.49. The van der Waals surface area contributed by atoms with Crippen LogP contribution in [0.5, 0.6) is 0 Å². The smallest absolute Gasteiger partial charge is 0.0234 e. The molecule has 0 bridgehead atoms. The van der Waals surface area contributed by atoms with Gasteiger partial charge in [0.25, 0.3) is 0 Å². The zero-order valence-electron chi connectivity index (χ0n) is 9.89. The molecule has 2 rings (SSSR count). The van der Waals surface area contributed by atoms with E-state index in [1.807, 2.05) is 6.08 Å². The van der Waals surface area contributed by atoms with Crippen LogP contribution in [0.1, 0.15) is 11.1 Å². The van der Waals surface area contributed by atoms with Crippen molar-refractivity contribution in [3.63, 3.8) is 0 Å². The second-order valence-corrected chi connectivity index (χ2v) is 3.97. The van der Waals surface area contributed by atoms with Crippen molar-refractivity contribution in [3.05, 3.63) is 42.0 Å². The van der Waals surface area contributed by atoms with E-state index >= 15 is 0 Å². The van der Waals surface area contributed by atoms with E-state index in [1.165, 1.54) is 11.1 Å². The third-order valence-electron chi connectivity index (χ3n) is 2.83. The van der Waals surface area contributed by atoms with Gasteiger partial charge in [-0.2, -0.15) is 0 Å². The molecule has 0 radical (unpaired) electrons. The van der Waals surface area contributed by atoms with E-state index in [1.54, 1.807) is 0 Å². The Labute approximate surface area is 116 Å². The molecular formula is C13H20Cl2N2. The van der Waals surface area contributed by atoms with E-state index in [-0.39, 0.29) is 24.8 Å². The van der Waals surface area contributed by atoms with Crippen LogP contribution in [0.2, 0.25) is 0 Å². The molecule has 96 valence electrons. The van der Waals surface area contributed by atoms with Crippen LogP contribution in [0.25, 0.3) is 6.08 Å². The van der Waals surface area contributed by atoms with E-state index in [9.17, 15) is 0 Å².